The number of rotatable bonds is 11. The zero-order valence-electron chi connectivity index (χ0n) is 18.1. The molecule has 0 aliphatic carbocycles. The zero-order chi connectivity index (χ0) is 22.0. The second-order valence-corrected chi connectivity index (χ2v) is 8.98. The Balaban J connectivity index is 2.39. The Morgan fingerprint density at radius 2 is 1.77 bits per heavy atom. The first-order chi connectivity index (χ1) is 14.5. The van der Waals surface area contributed by atoms with Gasteiger partial charge in [0.15, 0.2) is 0 Å². The number of terminal acetylenes is 1. The van der Waals surface area contributed by atoms with Gasteiger partial charge in [-0.3, -0.25) is 9.46 Å². The third-order valence-electron chi connectivity index (χ3n) is 4.83. The van der Waals surface area contributed by atoms with Crippen LogP contribution in [0.5, 0.6) is 5.75 Å². The van der Waals surface area contributed by atoms with Crippen LogP contribution in [0.1, 0.15) is 35.8 Å². The molecule has 1 unspecified atom stereocenters. The molecule has 0 N–H and O–H groups in total. The van der Waals surface area contributed by atoms with Gasteiger partial charge in [-0.2, -0.15) is 0 Å². The number of hydrogen-bond donors (Lipinski definition) is 0. The minimum absolute atomic E-state index is 0.556. The van der Waals surface area contributed by atoms with E-state index in [2.05, 4.69) is 17.7 Å². The molecule has 160 valence electrons. The summed E-state index contributed by atoms with van der Waals surface area (Å²) in [7, 11) is 0.982. The van der Waals surface area contributed by atoms with E-state index in [-0.39, 0.29) is 0 Å². The maximum atomic E-state index is 13.5. The summed E-state index contributed by atoms with van der Waals surface area (Å²) in [4.78, 5) is 2.09. The Morgan fingerprint density at radius 1 is 1.10 bits per heavy atom. The monoisotopic (exact) mass is 427 g/mol. The van der Waals surface area contributed by atoms with Crippen molar-refractivity contribution in [3.63, 3.8) is 0 Å². The SMILES string of the molecule is C#Cc1ccccc1C(N(C/C=C/c1ccc(OC)cc1)CCC)P(=O)(OC)OC. The average Bonchev–Trinajstić information content (AvgIpc) is 2.79. The highest BCUT2D eigenvalue weighted by Gasteiger charge is 2.40. The lowest BCUT2D eigenvalue weighted by Gasteiger charge is -2.35. The van der Waals surface area contributed by atoms with Crippen LogP contribution in [0.3, 0.4) is 0 Å². The highest BCUT2D eigenvalue weighted by molar-refractivity contribution is 7.54. The first kappa shape index (κ1) is 23.9. The van der Waals surface area contributed by atoms with Gasteiger partial charge in [-0.25, -0.2) is 0 Å². The van der Waals surface area contributed by atoms with Crippen molar-refractivity contribution in [2.24, 2.45) is 0 Å². The topological polar surface area (TPSA) is 48.0 Å². The Morgan fingerprint density at radius 3 is 2.33 bits per heavy atom. The average molecular weight is 427 g/mol. The van der Waals surface area contributed by atoms with E-state index in [0.29, 0.717) is 18.7 Å². The summed E-state index contributed by atoms with van der Waals surface area (Å²) in [5.74, 6) is 2.90. The second-order valence-electron chi connectivity index (χ2n) is 6.68. The van der Waals surface area contributed by atoms with Crippen LogP contribution in [0.2, 0.25) is 0 Å². The van der Waals surface area contributed by atoms with Gasteiger partial charge in [0.05, 0.1) is 7.11 Å². The van der Waals surface area contributed by atoms with Gasteiger partial charge in [0.1, 0.15) is 11.5 Å². The van der Waals surface area contributed by atoms with Crippen LogP contribution in [-0.2, 0) is 13.6 Å². The molecule has 5 nitrogen and oxygen atoms in total. The van der Waals surface area contributed by atoms with Crippen molar-refractivity contribution in [2.45, 2.75) is 19.1 Å². The third-order valence-corrected chi connectivity index (χ3v) is 7.05. The first-order valence-electron chi connectivity index (χ1n) is 9.84. The molecule has 0 aliphatic heterocycles. The molecule has 0 radical (unpaired) electrons. The molecule has 0 aliphatic rings. The summed E-state index contributed by atoms with van der Waals surface area (Å²) in [6, 6.07) is 15.3. The molecule has 0 amide bonds. The molecule has 30 heavy (non-hydrogen) atoms. The third kappa shape index (κ3) is 5.84. The van der Waals surface area contributed by atoms with Crippen molar-refractivity contribution < 1.29 is 18.3 Å². The number of hydrogen-bond acceptors (Lipinski definition) is 5. The van der Waals surface area contributed by atoms with E-state index in [1.807, 2.05) is 60.7 Å². The zero-order valence-corrected chi connectivity index (χ0v) is 19.0. The van der Waals surface area contributed by atoms with Gasteiger partial charge in [-0.15, -0.1) is 6.42 Å². The van der Waals surface area contributed by atoms with Crippen molar-refractivity contribution in [2.75, 3.05) is 34.4 Å². The summed E-state index contributed by atoms with van der Waals surface area (Å²) < 4.78 is 29.6. The van der Waals surface area contributed by atoms with E-state index < -0.39 is 13.4 Å². The van der Waals surface area contributed by atoms with E-state index in [1.54, 1.807) is 7.11 Å². The fraction of sp³-hybridized carbons (Fsp3) is 0.333. The van der Waals surface area contributed by atoms with Gasteiger partial charge >= 0.3 is 7.60 Å². The van der Waals surface area contributed by atoms with Gasteiger partial charge in [0.25, 0.3) is 0 Å². The first-order valence-corrected chi connectivity index (χ1v) is 11.5. The molecule has 6 heteroatoms. The maximum absolute atomic E-state index is 13.5. The number of nitrogens with zero attached hydrogens (tertiary/aromatic N) is 1. The summed E-state index contributed by atoms with van der Waals surface area (Å²) in [6.07, 6.45) is 10.7. The highest BCUT2D eigenvalue weighted by atomic mass is 31.2. The number of benzene rings is 2. The normalized spacial score (nSPS) is 12.8. The van der Waals surface area contributed by atoms with E-state index in [1.165, 1.54) is 14.2 Å². The predicted octanol–water partition coefficient (Wildman–Crippen LogP) is 5.59. The lowest BCUT2D eigenvalue weighted by atomic mass is 10.1. The molecular weight excluding hydrogens is 397 g/mol. The molecule has 2 rings (SSSR count). The minimum atomic E-state index is -3.48. The van der Waals surface area contributed by atoms with Gasteiger partial charge in [-0.05, 0) is 42.3 Å². The molecule has 0 saturated heterocycles. The van der Waals surface area contributed by atoms with Crippen molar-refractivity contribution in [3.05, 3.63) is 71.3 Å². The van der Waals surface area contributed by atoms with Gasteiger partial charge in [0.2, 0.25) is 0 Å². The maximum Gasteiger partial charge on any atom is 0.351 e. The fourth-order valence-electron chi connectivity index (χ4n) is 3.33. The molecule has 2 aromatic rings. The Kier molecular flexibility index (Phi) is 9.36. The lowest BCUT2D eigenvalue weighted by Crippen LogP contribution is -2.31. The molecule has 0 bridgehead atoms. The minimum Gasteiger partial charge on any atom is -0.497 e. The quantitative estimate of drug-likeness (QED) is 0.346. The van der Waals surface area contributed by atoms with Crippen molar-refractivity contribution in [1.29, 1.82) is 0 Å². The molecule has 1 atom stereocenters. The van der Waals surface area contributed by atoms with E-state index >= 15 is 0 Å². The largest absolute Gasteiger partial charge is 0.497 e. The van der Waals surface area contributed by atoms with Gasteiger partial charge < -0.3 is 13.8 Å². The molecular formula is C24H30NO4P. The second kappa shape index (κ2) is 11.7. The van der Waals surface area contributed by atoms with Crippen LogP contribution < -0.4 is 4.74 Å². The van der Waals surface area contributed by atoms with Crippen molar-refractivity contribution >= 4 is 13.7 Å². The van der Waals surface area contributed by atoms with Crippen LogP contribution in [0.25, 0.3) is 6.08 Å². The van der Waals surface area contributed by atoms with Crippen molar-refractivity contribution in [1.82, 2.24) is 4.90 Å². The standard InChI is InChI=1S/C24H30NO4P/c1-6-18-25(19-10-11-20-14-16-22(27-3)17-15-20)24(30(26,28-4)29-5)23-13-9-8-12-21(23)7-2/h2,8-17,24H,6,18-19H2,1,3-5H3/b11-10+. The fourth-order valence-corrected chi connectivity index (χ4v) is 5.06. The number of ether oxygens (including phenoxy) is 1. The van der Waals surface area contributed by atoms with Crippen LogP contribution in [0.4, 0.5) is 0 Å². The smallest absolute Gasteiger partial charge is 0.351 e. The summed E-state index contributed by atoms with van der Waals surface area (Å²) in [5, 5.41) is 0. The molecule has 2 aromatic carbocycles. The van der Waals surface area contributed by atoms with Gasteiger partial charge in [-0.1, -0.05) is 55.3 Å². The lowest BCUT2D eigenvalue weighted by molar-refractivity contribution is 0.200. The van der Waals surface area contributed by atoms with E-state index in [4.69, 9.17) is 20.2 Å². The summed E-state index contributed by atoms with van der Waals surface area (Å²) in [6.45, 7) is 3.34. The van der Waals surface area contributed by atoms with Crippen LogP contribution >= 0.6 is 7.60 Å². The van der Waals surface area contributed by atoms with Gasteiger partial charge in [0, 0.05) is 26.3 Å². The van der Waals surface area contributed by atoms with E-state index in [0.717, 1.165) is 23.3 Å². The molecule has 0 saturated carbocycles. The van der Waals surface area contributed by atoms with Crippen LogP contribution in [0.15, 0.2) is 54.6 Å². The number of methoxy groups -OCH3 is 1. The predicted molar refractivity (Wildman–Crippen MR) is 123 cm³/mol. The molecule has 0 spiro atoms. The van der Waals surface area contributed by atoms with Crippen molar-refractivity contribution in [3.8, 4) is 18.1 Å². The molecule has 0 heterocycles. The Bertz CT molecular complexity index is 910. The van der Waals surface area contributed by atoms with Crippen LogP contribution in [-0.4, -0.2) is 39.3 Å². The molecule has 0 aromatic heterocycles. The Hall–Kier alpha value is -2.35. The Labute approximate surface area is 180 Å². The highest BCUT2D eigenvalue weighted by Crippen LogP contribution is 2.61. The summed E-state index contributed by atoms with van der Waals surface area (Å²) >= 11 is 0. The summed E-state index contributed by atoms with van der Waals surface area (Å²) in [5.41, 5.74) is 2.49. The van der Waals surface area contributed by atoms with Crippen LogP contribution in [0, 0.1) is 12.3 Å². The molecule has 0 fully saturated rings. The van der Waals surface area contributed by atoms with E-state index in [9.17, 15) is 4.57 Å².